The van der Waals surface area contributed by atoms with E-state index in [2.05, 4.69) is 6.58 Å². The molecule has 0 aromatic heterocycles. The van der Waals surface area contributed by atoms with Crippen LogP contribution in [0, 0.1) is 0 Å². The molecule has 0 aliphatic heterocycles. The van der Waals surface area contributed by atoms with Crippen LogP contribution in [0.15, 0.2) is 12.7 Å². The molecule has 0 rings (SSSR count). The van der Waals surface area contributed by atoms with Crippen molar-refractivity contribution in [2.45, 2.75) is 0 Å². The van der Waals surface area contributed by atoms with Gasteiger partial charge in [0.2, 0.25) is 6.73 Å². The van der Waals surface area contributed by atoms with E-state index < -0.39 is 0 Å². The predicted molar refractivity (Wildman–Crippen MR) is 39.2 cm³/mol. The third-order valence-corrected chi connectivity index (χ3v) is 0.761. The second-order valence-corrected chi connectivity index (χ2v) is 3.09. The highest BCUT2D eigenvalue weighted by Crippen LogP contribution is 1.90. The molecule has 0 aromatic carbocycles. The van der Waals surface area contributed by atoms with Crippen LogP contribution >= 0.6 is 0 Å². The molecule has 0 unspecified atom stereocenters. The van der Waals surface area contributed by atoms with Crippen molar-refractivity contribution in [1.82, 2.24) is 0 Å². The SMILES string of the molecule is C=CC(=O)OC[N+](C)(C)C.[Cl-]. The van der Waals surface area contributed by atoms with Crippen LogP contribution in [0.1, 0.15) is 0 Å². The smallest absolute Gasteiger partial charge is 0.334 e. The number of carbonyl (C=O) groups excluding carboxylic acids is 1. The van der Waals surface area contributed by atoms with E-state index in [9.17, 15) is 4.79 Å². The van der Waals surface area contributed by atoms with E-state index in [1.807, 2.05) is 21.1 Å². The molecule has 0 saturated carbocycles. The zero-order valence-electron chi connectivity index (χ0n) is 7.13. The average Bonchev–Trinajstić information content (AvgIpc) is 1.81. The van der Waals surface area contributed by atoms with Gasteiger partial charge in [0.1, 0.15) is 0 Å². The van der Waals surface area contributed by atoms with Crippen molar-refractivity contribution < 1.29 is 26.4 Å². The fraction of sp³-hybridized carbons (Fsp3) is 0.571. The number of carbonyl (C=O) groups is 1. The van der Waals surface area contributed by atoms with Crippen molar-refractivity contribution in [2.24, 2.45) is 0 Å². The van der Waals surface area contributed by atoms with Crippen molar-refractivity contribution >= 4 is 5.97 Å². The van der Waals surface area contributed by atoms with E-state index in [4.69, 9.17) is 4.74 Å². The summed E-state index contributed by atoms with van der Waals surface area (Å²) in [5.74, 6) is -0.368. The quantitative estimate of drug-likeness (QED) is 0.205. The number of hydrogen-bond acceptors (Lipinski definition) is 2. The number of hydrogen-bond donors (Lipinski definition) is 0. The van der Waals surface area contributed by atoms with Gasteiger partial charge in [-0.3, -0.25) is 4.48 Å². The molecule has 0 radical (unpaired) electrons. The van der Waals surface area contributed by atoms with Gasteiger partial charge in [-0.05, 0) is 0 Å². The molecule has 0 bridgehead atoms. The first-order valence-corrected chi connectivity index (χ1v) is 3.05. The van der Waals surface area contributed by atoms with Crippen LogP contribution < -0.4 is 12.4 Å². The van der Waals surface area contributed by atoms with E-state index in [0.29, 0.717) is 11.2 Å². The molecular weight excluding hydrogens is 166 g/mol. The highest BCUT2D eigenvalue weighted by Gasteiger charge is 2.07. The standard InChI is InChI=1S/C7H14NO2.ClH/c1-5-7(9)10-6-8(2,3)4;/h5H,1,6H2,2-4H3;1H/q+1;/p-1. The largest absolute Gasteiger partial charge is 1.00 e. The summed E-state index contributed by atoms with van der Waals surface area (Å²) in [6, 6.07) is 0. The molecular formula is C7H14ClNO2. The van der Waals surface area contributed by atoms with Crippen molar-refractivity contribution in [3.8, 4) is 0 Å². The van der Waals surface area contributed by atoms with Crippen molar-refractivity contribution in [1.29, 1.82) is 0 Å². The molecule has 11 heavy (non-hydrogen) atoms. The summed E-state index contributed by atoms with van der Waals surface area (Å²) >= 11 is 0. The minimum atomic E-state index is -0.368. The predicted octanol–water partition coefficient (Wildman–Crippen LogP) is -2.62. The van der Waals surface area contributed by atoms with Crippen LogP contribution in [0.4, 0.5) is 0 Å². The number of ether oxygens (including phenoxy) is 1. The van der Waals surface area contributed by atoms with Gasteiger partial charge in [0.15, 0.2) is 0 Å². The van der Waals surface area contributed by atoms with E-state index in [1.165, 1.54) is 0 Å². The van der Waals surface area contributed by atoms with Crippen molar-refractivity contribution in [3.05, 3.63) is 12.7 Å². The Kier molecular flexibility index (Phi) is 6.13. The third-order valence-electron chi connectivity index (χ3n) is 0.761. The van der Waals surface area contributed by atoms with Crippen molar-refractivity contribution in [3.63, 3.8) is 0 Å². The maximum absolute atomic E-state index is 10.5. The topological polar surface area (TPSA) is 26.3 Å². The minimum Gasteiger partial charge on any atom is -1.00 e. The number of rotatable bonds is 3. The monoisotopic (exact) mass is 179 g/mol. The summed E-state index contributed by atoms with van der Waals surface area (Å²) in [6.45, 7) is 3.66. The molecule has 4 heteroatoms. The van der Waals surface area contributed by atoms with Crippen LogP contribution in [0.25, 0.3) is 0 Å². The summed E-state index contributed by atoms with van der Waals surface area (Å²) in [5, 5.41) is 0. The van der Waals surface area contributed by atoms with Gasteiger partial charge < -0.3 is 17.1 Å². The second-order valence-electron chi connectivity index (χ2n) is 3.09. The highest BCUT2D eigenvalue weighted by molar-refractivity contribution is 5.81. The molecule has 0 atom stereocenters. The highest BCUT2D eigenvalue weighted by atomic mass is 35.5. The Labute approximate surface area is 73.6 Å². The van der Waals surface area contributed by atoms with Crippen LogP contribution in [-0.4, -0.2) is 38.3 Å². The maximum atomic E-state index is 10.5. The lowest BCUT2D eigenvalue weighted by Crippen LogP contribution is -3.00. The maximum Gasteiger partial charge on any atom is 0.334 e. The molecule has 66 valence electrons. The summed E-state index contributed by atoms with van der Waals surface area (Å²) in [7, 11) is 5.82. The Balaban J connectivity index is 0. The van der Waals surface area contributed by atoms with Gasteiger partial charge in [0.05, 0.1) is 21.1 Å². The first-order valence-electron chi connectivity index (χ1n) is 3.05. The molecule has 0 heterocycles. The molecule has 0 aliphatic rings. The Morgan fingerprint density at radius 2 is 2.00 bits per heavy atom. The van der Waals surface area contributed by atoms with E-state index in [-0.39, 0.29) is 18.4 Å². The number of esters is 1. The Morgan fingerprint density at radius 3 is 2.27 bits per heavy atom. The van der Waals surface area contributed by atoms with Gasteiger partial charge >= 0.3 is 5.97 Å². The average molecular weight is 180 g/mol. The molecule has 0 amide bonds. The lowest BCUT2D eigenvalue weighted by molar-refractivity contribution is -0.888. The van der Waals surface area contributed by atoms with E-state index in [1.54, 1.807) is 0 Å². The van der Waals surface area contributed by atoms with Crippen LogP contribution in [0.5, 0.6) is 0 Å². The van der Waals surface area contributed by atoms with E-state index >= 15 is 0 Å². The zero-order chi connectivity index (χ0) is 8.20. The molecule has 0 fully saturated rings. The van der Waals surface area contributed by atoms with Gasteiger partial charge in [-0.15, -0.1) is 0 Å². The van der Waals surface area contributed by atoms with Crippen LogP contribution in [-0.2, 0) is 9.53 Å². The van der Waals surface area contributed by atoms with Gasteiger partial charge in [-0.1, -0.05) is 6.58 Å². The molecule has 3 nitrogen and oxygen atoms in total. The number of halogens is 1. The summed E-state index contributed by atoms with van der Waals surface area (Å²) in [5.41, 5.74) is 0. The lowest BCUT2D eigenvalue weighted by Gasteiger charge is -2.22. The van der Waals surface area contributed by atoms with Gasteiger partial charge in [0.25, 0.3) is 0 Å². The van der Waals surface area contributed by atoms with Gasteiger partial charge in [0, 0.05) is 6.08 Å². The van der Waals surface area contributed by atoms with Crippen LogP contribution in [0.2, 0.25) is 0 Å². The Morgan fingerprint density at radius 1 is 1.55 bits per heavy atom. The van der Waals surface area contributed by atoms with E-state index in [0.717, 1.165) is 6.08 Å². The molecule has 0 aromatic rings. The molecule has 0 aliphatic carbocycles. The first-order chi connectivity index (χ1) is 4.45. The van der Waals surface area contributed by atoms with Gasteiger partial charge in [-0.2, -0.15) is 0 Å². The Bertz CT molecular complexity index is 140. The number of nitrogens with zero attached hydrogens (tertiary/aromatic N) is 1. The first kappa shape index (κ1) is 13.1. The Hall–Kier alpha value is -0.540. The normalized spacial score (nSPS) is 9.73. The van der Waals surface area contributed by atoms with Crippen molar-refractivity contribution in [2.75, 3.05) is 27.9 Å². The van der Waals surface area contributed by atoms with Gasteiger partial charge in [-0.25, -0.2) is 4.79 Å². The summed E-state index contributed by atoms with van der Waals surface area (Å²) in [4.78, 5) is 10.5. The third kappa shape index (κ3) is 9.46. The zero-order valence-corrected chi connectivity index (χ0v) is 7.89. The fourth-order valence-electron chi connectivity index (χ4n) is 0.316. The summed E-state index contributed by atoms with van der Waals surface area (Å²) in [6.07, 6.45) is 1.16. The van der Waals surface area contributed by atoms with Crippen LogP contribution in [0.3, 0.4) is 0 Å². The molecule has 0 N–H and O–H groups in total. The lowest BCUT2D eigenvalue weighted by atomic mass is 10.6. The summed E-state index contributed by atoms with van der Waals surface area (Å²) < 4.78 is 5.38. The molecule has 0 spiro atoms. The molecule has 0 saturated heterocycles. The minimum absolute atomic E-state index is 0. The second kappa shape index (κ2) is 5.16. The number of quaternary nitrogens is 1. The fourth-order valence-corrected chi connectivity index (χ4v) is 0.316.